The Labute approximate surface area is 99.6 Å². The van der Waals surface area contributed by atoms with Crippen molar-refractivity contribution >= 4 is 12.1 Å². The van der Waals surface area contributed by atoms with E-state index in [9.17, 15) is 9.59 Å². The summed E-state index contributed by atoms with van der Waals surface area (Å²) in [5, 5.41) is 8.53. The number of amides is 1. The van der Waals surface area contributed by atoms with Gasteiger partial charge in [-0.2, -0.15) is 0 Å². The smallest absolute Gasteiger partial charge is 0.415 e. The van der Waals surface area contributed by atoms with Crippen molar-refractivity contribution in [3.63, 3.8) is 0 Å². The van der Waals surface area contributed by atoms with Crippen molar-refractivity contribution < 1.29 is 19.4 Å². The van der Waals surface area contributed by atoms with Crippen molar-refractivity contribution in [1.29, 1.82) is 0 Å². The molecule has 1 rings (SSSR count). The largest absolute Gasteiger partial charge is 0.480 e. The number of rotatable bonds is 4. The molecule has 0 fully saturated rings. The first-order valence-corrected chi connectivity index (χ1v) is 5.26. The van der Waals surface area contributed by atoms with Gasteiger partial charge >= 0.3 is 12.1 Å². The van der Waals surface area contributed by atoms with E-state index in [1.807, 2.05) is 13.0 Å². The number of carboxylic acids is 1. The van der Waals surface area contributed by atoms with Crippen LogP contribution >= 0.6 is 0 Å². The summed E-state index contributed by atoms with van der Waals surface area (Å²) in [4.78, 5) is 22.9. The van der Waals surface area contributed by atoms with E-state index in [1.165, 1.54) is 7.05 Å². The number of carbonyl (C=O) groups excluding carboxylic acids is 1. The first-order chi connectivity index (χ1) is 8.02. The summed E-state index contributed by atoms with van der Waals surface area (Å²) in [7, 11) is 1.38. The summed E-state index contributed by atoms with van der Waals surface area (Å²) >= 11 is 0. The Kier molecular flexibility index (Phi) is 4.51. The lowest BCUT2D eigenvalue weighted by molar-refractivity contribution is -0.137. The molecule has 92 valence electrons. The van der Waals surface area contributed by atoms with Crippen LogP contribution in [0.25, 0.3) is 0 Å². The fourth-order valence-electron chi connectivity index (χ4n) is 1.28. The highest BCUT2D eigenvalue weighted by molar-refractivity contribution is 5.77. The van der Waals surface area contributed by atoms with Gasteiger partial charge in [0.25, 0.3) is 0 Å². The molecule has 0 heterocycles. The second-order valence-corrected chi connectivity index (χ2v) is 3.62. The Bertz CT molecular complexity index is 417. The minimum absolute atomic E-state index is 0.383. The fraction of sp³-hybridized carbons (Fsp3) is 0.333. The van der Waals surface area contributed by atoms with E-state index in [1.54, 1.807) is 18.2 Å². The minimum atomic E-state index is -1.08. The van der Waals surface area contributed by atoms with Crippen LogP contribution in [0, 0.1) is 0 Å². The van der Waals surface area contributed by atoms with Crippen molar-refractivity contribution in [1.82, 2.24) is 4.90 Å². The van der Waals surface area contributed by atoms with Crippen molar-refractivity contribution in [3.8, 4) is 5.75 Å². The molecular formula is C12H15NO4. The maximum absolute atomic E-state index is 11.5. The molecule has 1 aromatic carbocycles. The van der Waals surface area contributed by atoms with E-state index in [2.05, 4.69) is 0 Å². The van der Waals surface area contributed by atoms with Crippen LogP contribution in [0.1, 0.15) is 12.5 Å². The van der Waals surface area contributed by atoms with E-state index in [-0.39, 0.29) is 6.54 Å². The van der Waals surface area contributed by atoms with Crippen LogP contribution in [0.4, 0.5) is 4.79 Å². The molecule has 0 aliphatic heterocycles. The van der Waals surface area contributed by atoms with Crippen LogP contribution in [-0.2, 0) is 11.2 Å². The Hall–Kier alpha value is -2.04. The van der Waals surface area contributed by atoms with E-state index >= 15 is 0 Å². The summed E-state index contributed by atoms with van der Waals surface area (Å²) in [6.07, 6.45) is 0.164. The number of likely N-dealkylation sites (N-methyl/N-ethyl adjacent to an activating group) is 1. The molecule has 0 aromatic heterocycles. The predicted octanol–water partition coefficient (Wildman–Crippen LogP) is 1.76. The van der Waals surface area contributed by atoms with Gasteiger partial charge in [0, 0.05) is 7.05 Å². The van der Waals surface area contributed by atoms with Gasteiger partial charge in [-0.3, -0.25) is 9.69 Å². The zero-order chi connectivity index (χ0) is 12.8. The lowest BCUT2D eigenvalue weighted by Crippen LogP contribution is -2.34. The van der Waals surface area contributed by atoms with Gasteiger partial charge in [0.2, 0.25) is 0 Å². The Morgan fingerprint density at radius 3 is 2.71 bits per heavy atom. The van der Waals surface area contributed by atoms with Gasteiger partial charge in [0.1, 0.15) is 12.3 Å². The Balaban J connectivity index is 2.64. The minimum Gasteiger partial charge on any atom is -0.480 e. The van der Waals surface area contributed by atoms with Crippen LogP contribution in [0.2, 0.25) is 0 Å². The van der Waals surface area contributed by atoms with Crippen LogP contribution < -0.4 is 4.74 Å². The molecule has 0 spiro atoms. The molecule has 0 atom stereocenters. The number of nitrogens with zero attached hydrogens (tertiary/aromatic N) is 1. The van der Waals surface area contributed by atoms with Crippen LogP contribution in [0.15, 0.2) is 24.3 Å². The van der Waals surface area contributed by atoms with Gasteiger partial charge in [-0.15, -0.1) is 0 Å². The molecule has 0 bridgehead atoms. The SMILES string of the molecule is CCc1cccc(OC(=O)N(C)CC(=O)O)c1. The highest BCUT2D eigenvalue weighted by Gasteiger charge is 2.14. The van der Waals surface area contributed by atoms with Crippen molar-refractivity contribution in [3.05, 3.63) is 29.8 Å². The molecule has 5 nitrogen and oxygen atoms in total. The molecule has 0 saturated heterocycles. The summed E-state index contributed by atoms with van der Waals surface area (Å²) in [6, 6.07) is 7.13. The van der Waals surface area contributed by atoms with Crippen molar-refractivity contribution in [2.75, 3.05) is 13.6 Å². The van der Waals surface area contributed by atoms with Gasteiger partial charge in [0.05, 0.1) is 0 Å². The third-order valence-electron chi connectivity index (χ3n) is 2.20. The molecule has 0 aliphatic carbocycles. The van der Waals surface area contributed by atoms with Crippen molar-refractivity contribution in [2.24, 2.45) is 0 Å². The summed E-state index contributed by atoms with van der Waals surface area (Å²) in [5.74, 6) is -0.654. The summed E-state index contributed by atoms with van der Waals surface area (Å²) < 4.78 is 5.04. The van der Waals surface area contributed by atoms with E-state index in [0.717, 1.165) is 16.9 Å². The number of benzene rings is 1. The number of carbonyl (C=O) groups is 2. The number of aryl methyl sites for hydroxylation is 1. The molecule has 5 heteroatoms. The number of hydrogen-bond donors (Lipinski definition) is 1. The number of aliphatic carboxylic acids is 1. The van der Waals surface area contributed by atoms with Gasteiger partial charge in [-0.1, -0.05) is 19.1 Å². The molecule has 0 radical (unpaired) electrons. The van der Waals surface area contributed by atoms with Crippen LogP contribution in [-0.4, -0.2) is 35.7 Å². The molecule has 17 heavy (non-hydrogen) atoms. The van der Waals surface area contributed by atoms with Crippen LogP contribution in [0.3, 0.4) is 0 Å². The quantitative estimate of drug-likeness (QED) is 0.866. The zero-order valence-corrected chi connectivity index (χ0v) is 9.84. The number of carboxylic acid groups (broad SMARTS) is 1. The standard InChI is InChI=1S/C12H15NO4/c1-3-9-5-4-6-10(7-9)17-12(16)13(2)8-11(14)15/h4-7H,3,8H2,1-2H3,(H,14,15). The van der Waals surface area contributed by atoms with Crippen LogP contribution in [0.5, 0.6) is 5.75 Å². The average molecular weight is 237 g/mol. The molecular weight excluding hydrogens is 222 g/mol. The Morgan fingerprint density at radius 2 is 2.12 bits per heavy atom. The van der Waals surface area contributed by atoms with E-state index in [0.29, 0.717) is 5.75 Å². The average Bonchev–Trinajstić information content (AvgIpc) is 2.28. The fourth-order valence-corrected chi connectivity index (χ4v) is 1.28. The van der Waals surface area contributed by atoms with Gasteiger partial charge in [0.15, 0.2) is 0 Å². The number of ether oxygens (including phenoxy) is 1. The molecule has 0 unspecified atom stereocenters. The number of hydrogen-bond acceptors (Lipinski definition) is 3. The maximum atomic E-state index is 11.5. The normalized spacial score (nSPS) is 9.76. The monoisotopic (exact) mass is 237 g/mol. The molecule has 0 saturated carbocycles. The lowest BCUT2D eigenvalue weighted by atomic mass is 10.2. The van der Waals surface area contributed by atoms with Gasteiger partial charge in [-0.25, -0.2) is 4.79 Å². The highest BCUT2D eigenvalue weighted by atomic mass is 16.6. The van der Waals surface area contributed by atoms with E-state index < -0.39 is 12.1 Å². The van der Waals surface area contributed by atoms with Gasteiger partial charge in [-0.05, 0) is 24.1 Å². The second kappa shape index (κ2) is 5.89. The van der Waals surface area contributed by atoms with Crippen molar-refractivity contribution in [2.45, 2.75) is 13.3 Å². The maximum Gasteiger partial charge on any atom is 0.415 e. The Morgan fingerprint density at radius 1 is 1.41 bits per heavy atom. The van der Waals surface area contributed by atoms with E-state index in [4.69, 9.17) is 9.84 Å². The predicted molar refractivity (Wildman–Crippen MR) is 62.1 cm³/mol. The summed E-state index contributed by atoms with van der Waals surface area (Å²) in [5.41, 5.74) is 1.05. The lowest BCUT2D eigenvalue weighted by Gasteiger charge is -2.14. The molecule has 1 N–H and O–H groups in total. The third-order valence-corrected chi connectivity index (χ3v) is 2.20. The molecule has 0 aliphatic rings. The molecule has 1 amide bonds. The summed E-state index contributed by atoms with van der Waals surface area (Å²) in [6.45, 7) is 1.61. The zero-order valence-electron chi connectivity index (χ0n) is 9.84. The second-order valence-electron chi connectivity index (χ2n) is 3.62. The van der Waals surface area contributed by atoms with Gasteiger partial charge < -0.3 is 9.84 Å². The first kappa shape index (κ1) is 13.0. The highest BCUT2D eigenvalue weighted by Crippen LogP contribution is 2.14. The molecule has 1 aromatic rings. The third kappa shape index (κ3) is 4.14. The topological polar surface area (TPSA) is 66.8 Å². The first-order valence-electron chi connectivity index (χ1n) is 5.26.